The Labute approximate surface area is 328 Å². The number of hydroxylamine groups is 2. The van der Waals surface area contributed by atoms with Crippen LogP contribution in [-0.2, 0) is 57.3 Å². The molecule has 6 N–H and O–H groups in total. The van der Waals surface area contributed by atoms with Gasteiger partial charge in [-0.3, -0.25) is 34.1 Å². The lowest BCUT2D eigenvalue weighted by Gasteiger charge is -2.19. The minimum atomic E-state index is -1.14. The van der Waals surface area contributed by atoms with Gasteiger partial charge >= 0.3 is 17.9 Å². The van der Waals surface area contributed by atoms with Crippen LogP contribution in [-0.4, -0.2) is 140 Å². The van der Waals surface area contributed by atoms with E-state index in [0.717, 1.165) is 57.8 Å². The van der Waals surface area contributed by atoms with E-state index in [1.807, 2.05) is 0 Å². The molecule has 0 radical (unpaired) electrons. The van der Waals surface area contributed by atoms with Crippen molar-refractivity contribution in [2.24, 2.45) is 0 Å². The monoisotopic (exact) mass is 804 g/mol. The van der Waals surface area contributed by atoms with Gasteiger partial charge in [-0.25, -0.2) is 4.79 Å². The normalized spacial score (nSPS) is 13.8. The second kappa shape index (κ2) is 33.4. The molecule has 2 unspecified atom stereocenters. The van der Waals surface area contributed by atoms with Crippen molar-refractivity contribution in [2.75, 3.05) is 65.9 Å². The first-order valence-electron chi connectivity index (χ1n) is 19.8. The van der Waals surface area contributed by atoms with Gasteiger partial charge in [0.05, 0.1) is 39.6 Å². The highest BCUT2D eigenvalue weighted by molar-refractivity contribution is 6.01. The average molecular weight is 805 g/mol. The topological polar surface area (TPSA) is 266 Å². The fourth-order valence-electron chi connectivity index (χ4n) is 5.46. The summed E-state index contributed by atoms with van der Waals surface area (Å²) in [6.45, 7) is 0.674. The Kier molecular flexibility index (Phi) is 30.0. The molecule has 1 heterocycles. The Morgan fingerprint density at radius 2 is 1.07 bits per heavy atom. The highest BCUT2D eigenvalue weighted by Crippen LogP contribution is 2.14. The molecule has 1 rings (SSSR count). The molecule has 1 aliphatic rings. The number of rotatable bonds is 38. The molecule has 0 bridgehead atoms. The van der Waals surface area contributed by atoms with E-state index in [9.17, 15) is 43.8 Å². The second-order valence-electron chi connectivity index (χ2n) is 13.4. The molecule has 1 fully saturated rings. The predicted octanol–water partition coefficient (Wildman–Crippen LogP) is 1.58. The number of aliphatic carboxylic acids is 2. The quantitative estimate of drug-likeness (QED) is 0.0294. The van der Waals surface area contributed by atoms with Crippen molar-refractivity contribution in [1.29, 1.82) is 0 Å². The number of imide groups is 1. The predicted molar refractivity (Wildman–Crippen MR) is 199 cm³/mol. The maximum atomic E-state index is 12.2. The van der Waals surface area contributed by atoms with E-state index in [-0.39, 0.29) is 103 Å². The minimum absolute atomic E-state index is 0.00314. The largest absolute Gasteiger partial charge is 0.481 e. The van der Waals surface area contributed by atoms with Crippen LogP contribution in [0.3, 0.4) is 0 Å². The van der Waals surface area contributed by atoms with Crippen LogP contribution in [0, 0.1) is 0 Å². The third kappa shape index (κ3) is 28.6. The molecule has 0 spiro atoms. The fraction of sp³-hybridized carbons (Fsp3) is 0.811. The first kappa shape index (κ1) is 50.3. The van der Waals surface area contributed by atoms with Gasteiger partial charge in [-0.05, 0) is 25.7 Å². The number of carboxylic acid groups (broad SMARTS) is 2. The van der Waals surface area contributed by atoms with Gasteiger partial charge < -0.3 is 49.7 Å². The summed E-state index contributed by atoms with van der Waals surface area (Å²) in [5, 5.41) is 36.8. The van der Waals surface area contributed by atoms with Crippen LogP contribution < -0.4 is 16.0 Å². The molecule has 19 nitrogen and oxygen atoms in total. The van der Waals surface area contributed by atoms with Crippen molar-refractivity contribution >= 4 is 41.5 Å². The third-order valence-electron chi connectivity index (χ3n) is 8.50. The summed E-state index contributed by atoms with van der Waals surface area (Å²) < 4.78 is 21.0. The van der Waals surface area contributed by atoms with Crippen LogP contribution in [0.4, 0.5) is 0 Å². The van der Waals surface area contributed by atoms with E-state index >= 15 is 0 Å². The molecule has 0 aliphatic carbocycles. The fourth-order valence-corrected chi connectivity index (χ4v) is 5.46. The molecular weight excluding hydrogens is 740 g/mol. The molecule has 0 saturated carbocycles. The Morgan fingerprint density at radius 1 is 0.589 bits per heavy atom. The van der Waals surface area contributed by atoms with Gasteiger partial charge in [0.1, 0.15) is 25.5 Å². The lowest BCUT2D eigenvalue weighted by Crippen LogP contribution is -2.44. The number of carbonyl (C=O) groups is 7. The number of hydrogen-bond acceptors (Lipinski definition) is 14. The van der Waals surface area contributed by atoms with Gasteiger partial charge in [0.2, 0.25) is 11.8 Å². The van der Waals surface area contributed by atoms with E-state index < -0.39 is 48.6 Å². The standard InChI is InChI=1S/C37H64N4O15/c42-30(16-15-29(37(50)51)40-31(43)13-11-9-7-5-3-1-2-4-6-8-10-12-14-35(47)48)38-19-21-52-23-25-54-27-32(44)39-20-22-53-24-26-55-28-36(49)56-41-33(45)17-18-34(41)46/h29,31,40,43H,1-28H2,(H,38,42)(H,39,44)(H,47,48)(H,50,51). The summed E-state index contributed by atoms with van der Waals surface area (Å²) in [4.78, 5) is 85.3. The number of unbranched alkanes of at least 4 members (excludes halogenated alkanes) is 11. The van der Waals surface area contributed by atoms with E-state index in [2.05, 4.69) is 20.8 Å². The summed E-state index contributed by atoms with van der Waals surface area (Å²) >= 11 is 0. The number of hydrogen-bond donors (Lipinski definition) is 6. The van der Waals surface area contributed by atoms with Gasteiger partial charge in [-0.2, -0.15) is 0 Å². The molecule has 322 valence electrons. The van der Waals surface area contributed by atoms with Crippen molar-refractivity contribution < 1.29 is 72.7 Å². The third-order valence-corrected chi connectivity index (χ3v) is 8.50. The van der Waals surface area contributed by atoms with Crippen molar-refractivity contribution in [2.45, 2.75) is 128 Å². The molecular formula is C37H64N4O15. The minimum Gasteiger partial charge on any atom is -0.481 e. The highest BCUT2D eigenvalue weighted by Gasteiger charge is 2.32. The molecule has 1 aliphatic heterocycles. The van der Waals surface area contributed by atoms with Gasteiger partial charge in [0.25, 0.3) is 11.8 Å². The van der Waals surface area contributed by atoms with Crippen molar-refractivity contribution in [3.63, 3.8) is 0 Å². The molecule has 0 aromatic carbocycles. The first-order chi connectivity index (χ1) is 27.0. The summed E-state index contributed by atoms with van der Waals surface area (Å²) in [5.74, 6) is -4.60. The zero-order valence-corrected chi connectivity index (χ0v) is 32.6. The number of aliphatic hydroxyl groups excluding tert-OH is 1. The van der Waals surface area contributed by atoms with Crippen LogP contribution in [0.1, 0.15) is 116 Å². The molecule has 0 aromatic heterocycles. The molecule has 56 heavy (non-hydrogen) atoms. The lowest BCUT2D eigenvalue weighted by molar-refractivity contribution is -0.200. The van der Waals surface area contributed by atoms with Crippen molar-refractivity contribution in [3.8, 4) is 0 Å². The molecule has 19 heteroatoms. The smallest absolute Gasteiger partial charge is 0.358 e. The van der Waals surface area contributed by atoms with E-state index in [0.29, 0.717) is 11.5 Å². The Bertz CT molecular complexity index is 1140. The summed E-state index contributed by atoms with van der Waals surface area (Å²) in [6, 6.07) is -1.06. The highest BCUT2D eigenvalue weighted by atomic mass is 16.7. The number of aliphatic hydroxyl groups is 1. The van der Waals surface area contributed by atoms with Crippen LogP contribution in [0.2, 0.25) is 0 Å². The van der Waals surface area contributed by atoms with Gasteiger partial charge in [0, 0.05) is 38.8 Å². The van der Waals surface area contributed by atoms with E-state index in [4.69, 9.17) is 24.1 Å². The molecule has 1 saturated heterocycles. The Balaban J connectivity index is 1.92. The zero-order valence-electron chi connectivity index (χ0n) is 32.6. The zero-order chi connectivity index (χ0) is 41.2. The second-order valence-corrected chi connectivity index (χ2v) is 13.4. The lowest BCUT2D eigenvalue weighted by atomic mass is 10.0. The number of amides is 4. The van der Waals surface area contributed by atoms with Gasteiger partial charge in [-0.1, -0.05) is 64.2 Å². The summed E-state index contributed by atoms with van der Waals surface area (Å²) in [7, 11) is 0. The SMILES string of the molecule is O=C(O)CCCCCCCCCCCCCCC(O)NC(CCC(=O)NCCOCCOCC(=O)NCCOCCOCC(=O)ON1C(=O)CCC1=O)C(=O)O. The van der Waals surface area contributed by atoms with E-state index in [1.165, 1.54) is 19.3 Å². The number of nitrogens with zero attached hydrogens (tertiary/aromatic N) is 1. The number of ether oxygens (including phenoxy) is 4. The van der Waals surface area contributed by atoms with E-state index in [1.54, 1.807) is 0 Å². The number of carboxylic acids is 2. The van der Waals surface area contributed by atoms with Crippen LogP contribution in [0.15, 0.2) is 0 Å². The molecule has 4 amide bonds. The summed E-state index contributed by atoms with van der Waals surface area (Å²) in [5.41, 5.74) is 0. The molecule has 0 aromatic rings. The number of carbonyl (C=O) groups excluding carboxylic acids is 5. The maximum Gasteiger partial charge on any atom is 0.358 e. The maximum absolute atomic E-state index is 12.2. The van der Waals surface area contributed by atoms with Crippen LogP contribution >= 0.6 is 0 Å². The first-order valence-corrected chi connectivity index (χ1v) is 19.8. The van der Waals surface area contributed by atoms with Crippen molar-refractivity contribution in [1.82, 2.24) is 21.0 Å². The molecule has 2 atom stereocenters. The van der Waals surface area contributed by atoms with Gasteiger partial charge in [-0.15, -0.1) is 5.06 Å². The Morgan fingerprint density at radius 3 is 1.61 bits per heavy atom. The Hall–Kier alpha value is -3.75. The van der Waals surface area contributed by atoms with Gasteiger partial charge in [0.15, 0.2) is 0 Å². The summed E-state index contributed by atoms with van der Waals surface area (Å²) in [6.07, 6.45) is 12.3. The van der Waals surface area contributed by atoms with Crippen LogP contribution in [0.25, 0.3) is 0 Å². The van der Waals surface area contributed by atoms with Crippen molar-refractivity contribution in [3.05, 3.63) is 0 Å². The average Bonchev–Trinajstić information content (AvgIpc) is 3.47. The number of nitrogens with one attached hydrogen (secondary N) is 3. The van der Waals surface area contributed by atoms with Crippen LogP contribution in [0.5, 0.6) is 0 Å².